The first-order chi connectivity index (χ1) is 5.41. The van der Waals surface area contributed by atoms with Gasteiger partial charge in [-0.2, -0.15) is 6.42 Å². The van der Waals surface area contributed by atoms with E-state index in [1.165, 1.54) is 0 Å². The van der Waals surface area contributed by atoms with Gasteiger partial charge in [-0.1, -0.05) is 6.08 Å². The third kappa shape index (κ3) is 19.5. The number of halogens is 1. The Morgan fingerprint density at radius 1 is 1.23 bits per heavy atom. The molecule has 0 fully saturated rings. The maximum atomic E-state index is 5.13. The quantitative estimate of drug-likeness (QED) is 0.147. The normalized spacial score (nSPS) is 9.38. The summed E-state index contributed by atoms with van der Waals surface area (Å²) in [5, 5.41) is 0. The van der Waals surface area contributed by atoms with E-state index in [1.807, 2.05) is 13.0 Å². The van der Waals surface area contributed by atoms with E-state index in [-0.39, 0.29) is 47.0 Å². The Bertz CT molecular complexity index is 99.6. The van der Waals surface area contributed by atoms with Crippen molar-refractivity contribution in [3.63, 3.8) is 0 Å². The Balaban J connectivity index is -0.000000500. The Kier molecular flexibility index (Phi) is 28.5. The van der Waals surface area contributed by atoms with Crippen LogP contribution >= 0.6 is 0 Å². The molecule has 0 N–H and O–H groups in total. The van der Waals surface area contributed by atoms with Crippen LogP contribution in [0, 0.1) is 6.92 Å². The maximum absolute atomic E-state index is 5.13. The molecule has 0 heterocycles. The van der Waals surface area contributed by atoms with Crippen molar-refractivity contribution in [2.75, 3.05) is 20.0 Å². The SMILES string of the molecule is [CH2-]C/C=C/CCOCOCC.[I-].[Mg+2]. The van der Waals surface area contributed by atoms with Crippen molar-refractivity contribution in [3.8, 4) is 0 Å². The predicted molar refractivity (Wildman–Crippen MR) is 51.9 cm³/mol. The second-order valence-corrected chi connectivity index (χ2v) is 2.07. The molecular weight excluding hydrogens is 291 g/mol. The van der Waals surface area contributed by atoms with Crippen LogP contribution in [0.3, 0.4) is 0 Å². The van der Waals surface area contributed by atoms with Crippen LogP contribution in [0.1, 0.15) is 19.8 Å². The van der Waals surface area contributed by atoms with E-state index in [2.05, 4.69) is 13.0 Å². The van der Waals surface area contributed by atoms with Crippen LogP contribution in [0.25, 0.3) is 0 Å². The van der Waals surface area contributed by atoms with Gasteiger partial charge in [-0.15, -0.1) is 6.08 Å². The molecule has 0 aromatic rings. The molecule has 74 valence electrons. The van der Waals surface area contributed by atoms with Crippen molar-refractivity contribution in [2.45, 2.75) is 19.8 Å². The summed E-state index contributed by atoms with van der Waals surface area (Å²) < 4.78 is 10.1. The average molecular weight is 308 g/mol. The van der Waals surface area contributed by atoms with Crippen LogP contribution in [-0.4, -0.2) is 43.1 Å². The standard InChI is InChI=1S/C9H17O2.HI.Mg/c1-3-5-6-7-8-11-9-10-4-2;;/h5-6H,1,3-4,7-9H2,2H3;1H;/q-1;;+2/p-1/b6-5+;;. The van der Waals surface area contributed by atoms with Crippen molar-refractivity contribution in [1.82, 2.24) is 0 Å². The van der Waals surface area contributed by atoms with Gasteiger partial charge >= 0.3 is 23.1 Å². The van der Waals surface area contributed by atoms with Gasteiger partial charge in [-0.25, -0.2) is 0 Å². The van der Waals surface area contributed by atoms with Gasteiger partial charge in [0.25, 0.3) is 0 Å². The fourth-order valence-electron chi connectivity index (χ4n) is 0.588. The molecule has 0 aliphatic carbocycles. The molecule has 4 heteroatoms. The topological polar surface area (TPSA) is 18.5 Å². The van der Waals surface area contributed by atoms with Gasteiger partial charge < -0.3 is 40.4 Å². The molecule has 0 aliphatic rings. The largest absolute Gasteiger partial charge is 2.00 e. The molecular formula is C9H17IMgO2. The molecule has 0 saturated carbocycles. The van der Waals surface area contributed by atoms with Gasteiger partial charge in [-0.05, 0) is 13.3 Å². The van der Waals surface area contributed by atoms with Crippen molar-refractivity contribution in [1.29, 1.82) is 0 Å². The molecule has 0 aliphatic heterocycles. The number of rotatable bonds is 7. The second-order valence-electron chi connectivity index (χ2n) is 2.07. The molecule has 0 rings (SSSR count). The summed E-state index contributed by atoms with van der Waals surface area (Å²) in [7, 11) is 0. The molecule has 0 aromatic heterocycles. The van der Waals surface area contributed by atoms with E-state index >= 15 is 0 Å². The van der Waals surface area contributed by atoms with Crippen LogP contribution in [0.4, 0.5) is 0 Å². The molecule has 13 heavy (non-hydrogen) atoms. The Morgan fingerprint density at radius 2 is 1.92 bits per heavy atom. The molecule has 0 spiro atoms. The number of hydrogen-bond donors (Lipinski definition) is 0. The molecule has 2 nitrogen and oxygen atoms in total. The molecule has 0 unspecified atom stereocenters. The minimum atomic E-state index is 0. The third-order valence-corrected chi connectivity index (χ3v) is 1.13. The van der Waals surface area contributed by atoms with Crippen molar-refractivity contribution in [3.05, 3.63) is 19.1 Å². The fourth-order valence-corrected chi connectivity index (χ4v) is 0.588. The monoisotopic (exact) mass is 308 g/mol. The minimum Gasteiger partial charge on any atom is -1.00 e. The Morgan fingerprint density at radius 3 is 2.46 bits per heavy atom. The van der Waals surface area contributed by atoms with E-state index in [1.54, 1.807) is 0 Å². The van der Waals surface area contributed by atoms with Crippen LogP contribution in [0.5, 0.6) is 0 Å². The summed E-state index contributed by atoms with van der Waals surface area (Å²) in [6, 6.07) is 0. The second kappa shape index (κ2) is 18.8. The van der Waals surface area contributed by atoms with Crippen LogP contribution in [0.2, 0.25) is 0 Å². The first kappa shape index (κ1) is 19.7. The van der Waals surface area contributed by atoms with Crippen molar-refractivity contribution >= 4 is 23.1 Å². The van der Waals surface area contributed by atoms with E-state index < -0.39 is 0 Å². The molecule has 0 radical (unpaired) electrons. The minimum absolute atomic E-state index is 0. The summed E-state index contributed by atoms with van der Waals surface area (Å²) in [6.45, 7) is 7.49. The molecule has 0 atom stereocenters. The molecule has 0 aromatic carbocycles. The van der Waals surface area contributed by atoms with Crippen molar-refractivity contribution in [2.24, 2.45) is 0 Å². The number of ether oxygens (including phenoxy) is 2. The summed E-state index contributed by atoms with van der Waals surface area (Å²) in [4.78, 5) is 0. The van der Waals surface area contributed by atoms with Crippen LogP contribution in [0.15, 0.2) is 12.2 Å². The smallest absolute Gasteiger partial charge is 1.00 e. The first-order valence-electron chi connectivity index (χ1n) is 4.01. The maximum Gasteiger partial charge on any atom is 2.00 e. The Labute approximate surface area is 115 Å². The van der Waals surface area contributed by atoms with E-state index in [9.17, 15) is 0 Å². The zero-order valence-electron chi connectivity index (χ0n) is 8.30. The van der Waals surface area contributed by atoms with E-state index in [0.717, 1.165) is 19.4 Å². The molecule has 0 bridgehead atoms. The summed E-state index contributed by atoms with van der Waals surface area (Å²) in [5.41, 5.74) is 0. The first-order valence-corrected chi connectivity index (χ1v) is 4.01. The zero-order valence-corrected chi connectivity index (χ0v) is 11.9. The zero-order chi connectivity index (χ0) is 8.36. The Hall–Kier alpha value is 1.16. The summed E-state index contributed by atoms with van der Waals surface area (Å²) in [5.74, 6) is 0. The van der Waals surface area contributed by atoms with Crippen LogP contribution in [-0.2, 0) is 9.47 Å². The van der Waals surface area contributed by atoms with Gasteiger partial charge in [0.2, 0.25) is 0 Å². The van der Waals surface area contributed by atoms with E-state index in [0.29, 0.717) is 13.4 Å². The van der Waals surface area contributed by atoms with Crippen LogP contribution < -0.4 is 24.0 Å². The molecule has 0 saturated heterocycles. The average Bonchev–Trinajstić information content (AvgIpc) is 2.03. The van der Waals surface area contributed by atoms with Gasteiger partial charge in [-0.3, -0.25) is 0 Å². The number of hydrogen-bond acceptors (Lipinski definition) is 2. The van der Waals surface area contributed by atoms with Gasteiger partial charge in [0.05, 0.1) is 6.61 Å². The third-order valence-electron chi connectivity index (χ3n) is 1.13. The summed E-state index contributed by atoms with van der Waals surface area (Å²) in [6.07, 6.45) is 5.90. The van der Waals surface area contributed by atoms with Gasteiger partial charge in [0, 0.05) is 6.61 Å². The number of allylic oxidation sites excluding steroid dienone is 1. The van der Waals surface area contributed by atoms with E-state index in [4.69, 9.17) is 9.47 Å². The molecule has 0 amide bonds. The fraction of sp³-hybridized carbons (Fsp3) is 0.667. The predicted octanol–water partition coefficient (Wildman–Crippen LogP) is -1.21. The van der Waals surface area contributed by atoms with Crippen molar-refractivity contribution < 1.29 is 33.5 Å². The van der Waals surface area contributed by atoms with Gasteiger partial charge in [0.1, 0.15) is 6.79 Å². The summed E-state index contributed by atoms with van der Waals surface area (Å²) >= 11 is 0. The van der Waals surface area contributed by atoms with Gasteiger partial charge in [0.15, 0.2) is 0 Å².